The minimum absolute atomic E-state index is 0.272. The number of aromatic nitrogens is 4. The van der Waals surface area contributed by atoms with Crippen LogP contribution in [-0.2, 0) is 13.5 Å². The molecule has 1 atom stereocenters. The average molecular weight is 329 g/mol. The molecular weight excluding hydrogens is 306 g/mol. The Morgan fingerprint density at radius 3 is 2.61 bits per heavy atom. The van der Waals surface area contributed by atoms with Crippen LogP contribution in [0.1, 0.15) is 35.3 Å². The Hall–Kier alpha value is -1.95. The van der Waals surface area contributed by atoms with E-state index in [0.717, 1.165) is 34.0 Å². The Labute approximate surface area is 140 Å². The molecule has 0 aliphatic rings. The molecule has 0 bridgehead atoms. The van der Waals surface area contributed by atoms with E-state index in [9.17, 15) is 0 Å². The molecule has 1 N–H and O–H groups in total. The third kappa shape index (κ3) is 2.95. The summed E-state index contributed by atoms with van der Waals surface area (Å²) in [6, 6.07) is 0.272. The molecule has 23 heavy (non-hydrogen) atoms. The number of fused-ring (bicyclic) bond motifs is 1. The minimum Gasteiger partial charge on any atom is -0.367 e. The van der Waals surface area contributed by atoms with Crippen LogP contribution in [0.5, 0.6) is 0 Å². The van der Waals surface area contributed by atoms with Gasteiger partial charge in [0, 0.05) is 18.8 Å². The number of hydrogen-bond donors (Lipinski definition) is 1. The Morgan fingerprint density at radius 1 is 1.22 bits per heavy atom. The molecule has 0 aliphatic carbocycles. The summed E-state index contributed by atoms with van der Waals surface area (Å²) < 4.78 is 1.95. The van der Waals surface area contributed by atoms with Crippen LogP contribution in [0.25, 0.3) is 10.2 Å². The van der Waals surface area contributed by atoms with Crippen molar-refractivity contribution in [1.29, 1.82) is 0 Å². The predicted molar refractivity (Wildman–Crippen MR) is 96.4 cm³/mol. The van der Waals surface area contributed by atoms with E-state index < -0.39 is 0 Å². The van der Waals surface area contributed by atoms with E-state index in [4.69, 9.17) is 0 Å². The molecule has 3 rings (SSSR count). The molecule has 0 amide bonds. The van der Waals surface area contributed by atoms with E-state index in [2.05, 4.69) is 53.5 Å². The highest BCUT2D eigenvalue weighted by Crippen LogP contribution is 2.30. The predicted octanol–water partition coefficient (Wildman–Crippen LogP) is 3.70. The van der Waals surface area contributed by atoms with Crippen molar-refractivity contribution in [2.75, 3.05) is 5.32 Å². The average Bonchev–Trinajstić information content (AvgIpc) is 2.94. The molecule has 0 fully saturated rings. The highest BCUT2D eigenvalue weighted by atomic mass is 32.1. The standard InChI is InChI=1S/C17H23N5S/c1-9-8-23-17-15(9)16(19-13(5)20-17)18-10(2)7-14-11(3)21-22(6)12(14)4/h8,10H,7H2,1-6H3,(H,18,19,20). The van der Waals surface area contributed by atoms with Gasteiger partial charge in [0.1, 0.15) is 16.5 Å². The van der Waals surface area contributed by atoms with Gasteiger partial charge in [-0.3, -0.25) is 4.68 Å². The molecule has 0 saturated heterocycles. The van der Waals surface area contributed by atoms with E-state index in [-0.39, 0.29) is 6.04 Å². The topological polar surface area (TPSA) is 55.6 Å². The molecule has 0 aliphatic heterocycles. The Kier molecular flexibility index (Phi) is 4.10. The van der Waals surface area contributed by atoms with Gasteiger partial charge in [0.2, 0.25) is 0 Å². The zero-order valence-corrected chi connectivity index (χ0v) is 15.4. The first-order valence-corrected chi connectivity index (χ1v) is 8.72. The molecule has 0 radical (unpaired) electrons. The second kappa shape index (κ2) is 5.92. The summed E-state index contributed by atoms with van der Waals surface area (Å²) in [6.45, 7) is 10.4. The van der Waals surface area contributed by atoms with E-state index in [1.54, 1.807) is 11.3 Å². The van der Waals surface area contributed by atoms with Crippen LogP contribution in [0.2, 0.25) is 0 Å². The highest BCUT2D eigenvalue weighted by molar-refractivity contribution is 7.17. The zero-order valence-electron chi connectivity index (χ0n) is 14.6. The van der Waals surface area contributed by atoms with Crippen LogP contribution in [0, 0.1) is 27.7 Å². The molecule has 3 aromatic rings. The molecule has 0 spiro atoms. The second-order valence-electron chi connectivity index (χ2n) is 6.24. The number of thiophene rings is 1. The van der Waals surface area contributed by atoms with Crippen molar-refractivity contribution in [2.24, 2.45) is 7.05 Å². The van der Waals surface area contributed by atoms with Crippen molar-refractivity contribution in [3.8, 4) is 0 Å². The minimum atomic E-state index is 0.272. The monoisotopic (exact) mass is 329 g/mol. The summed E-state index contributed by atoms with van der Waals surface area (Å²) in [5, 5.41) is 11.4. The third-order valence-corrected chi connectivity index (χ3v) is 5.27. The summed E-state index contributed by atoms with van der Waals surface area (Å²) in [6.07, 6.45) is 0.930. The maximum absolute atomic E-state index is 4.63. The van der Waals surface area contributed by atoms with Crippen molar-refractivity contribution in [1.82, 2.24) is 19.7 Å². The van der Waals surface area contributed by atoms with Crippen LogP contribution < -0.4 is 5.32 Å². The summed E-state index contributed by atoms with van der Waals surface area (Å²) in [5.41, 5.74) is 4.88. The Morgan fingerprint density at radius 2 is 1.96 bits per heavy atom. The van der Waals surface area contributed by atoms with Gasteiger partial charge < -0.3 is 5.32 Å². The van der Waals surface area contributed by atoms with Crippen LogP contribution in [-0.4, -0.2) is 25.8 Å². The van der Waals surface area contributed by atoms with Gasteiger partial charge in [0.15, 0.2) is 0 Å². The number of aryl methyl sites for hydroxylation is 4. The summed E-state index contributed by atoms with van der Waals surface area (Å²) >= 11 is 1.68. The lowest BCUT2D eigenvalue weighted by Gasteiger charge is -2.16. The van der Waals surface area contributed by atoms with Crippen molar-refractivity contribution >= 4 is 27.4 Å². The molecule has 0 saturated carbocycles. The lowest BCUT2D eigenvalue weighted by atomic mass is 10.1. The molecule has 3 aromatic heterocycles. The van der Waals surface area contributed by atoms with Gasteiger partial charge in [-0.15, -0.1) is 11.3 Å². The van der Waals surface area contributed by atoms with Crippen molar-refractivity contribution < 1.29 is 0 Å². The smallest absolute Gasteiger partial charge is 0.138 e. The largest absolute Gasteiger partial charge is 0.367 e. The van der Waals surface area contributed by atoms with Crippen molar-refractivity contribution in [2.45, 2.75) is 47.1 Å². The number of hydrogen-bond acceptors (Lipinski definition) is 5. The van der Waals surface area contributed by atoms with E-state index >= 15 is 0 Å². The normalized spacial score (nSPS) is 12.8. The van der Waals surface area contributed by atoms with Crippen LogP contribution in [0.4, 0.5) is 5.82 Å². The first kappa shape index (κ1) is 15.9. The van der Waals surface area contributed by atoms with Gasteiger partial charge in [0.25, 0.3) is 0 Å². The third-order valence-electron chi connectivity index (χ3n) is 4.28. The van der Waals surface area contributed by atoms with Gasteiger partial charge in [-0.25, -0.2) is 9.97 Å². The van der Waals surface area contributed by atoms with Gasteiger partial charge in [0.05, 0.1) is 11.1 Å². The lowest BCUT2D eigenvalue weighted by Crippen LogP contribution is -2.20. The highest BCUT2D eigenvalue weighted by Gasteiger charge is 2.16. The molecular formula is C17H23N5S. The SMILES string of the molecule is Cc1nc(NC(C)Cc2c(C)nn(C)c2C)c2c(C)csc2n1. The van der Waals surface area contributed by atoms with E-state index in [0.29, 0.717) is 0 Å². The van der Waals surface area contributed by atoms with Crippen LogP contribution in [0.15, 0.2) is 5.38 Å². The van der Waals surface area contributed by atoms with E-state index in [1.807, 2.05) is 18.7 Å². The fourth-order valence-corrected chi connectivity index (χ4v) is 3.97. The number of anilines is 1. The lowest BCUT2D eigenvalue weighted by molar-refractivity contribution is 0.726. The molecule has 5 nitrogen and oxygen atoms in total. The van der Waals surface area contributed by atoms with Crippen molar-refractivity contribution in [3.63, 3.8) is 0 Å². The maximum Gasteiger partial charge on any atom is 0.138 e. The van der Waals surface area contributed by atoms with Gasteiger partial charge in [-0.05, 0) is 57.5 Å². The Bertz CT molecular complexity index is 862. The molecule has 0 aromatic carbocycles. The fraction of sp³-hybridized carbons (Fsp3) is 0.471. The number of rotatable bonds is 4. The summed E-state index contributed by atoms with van der Waals surface area (Å²) in [5.74, 6) is 1.75. The molecule has 3 heterocycles. The number of nitrogens with one attached hydrogen (secondary N) is 1. The van der Waals surface area contributed by atoms with E-state index in [1.165, 1.54) is 16.8 Å². The van der Waals surface area contributed by atoms with Crippen molar-refractivity contribution in [3.05, 3.63) is 33.7 Å². The summed E-state index contributed by atoms with van der Waals surface area (Å²) in [4.78, 5) is 10.2. The van der Waals surface area contributed by atoms with Crippen LogP contribution in [0.3, 0.4) is 0 Å². The molecule has 1 unspecified atom stereocenters. The quantitative estimate of drug-likeness (QED) is 0.793. The maximum atomic E-state index is 4.63. The zero-order chi connectivity index (χ0) is 16.7. The second-order valence-corrected chi connectivity index (χ2v) is 7.10. The summed E-state index contributed by atoms with van der Waals surface area (Å²) in [7, 11) is 2.00. The van der Waals surface area contributed by atoms with Gasteiger partial charge in [-0.2, -0.15) is 5.10 Å². The first-order valence-electron chi connectivity index (χ1n) is 7.85. The molecule has 122 valence electrons. The fourth-order valence-electron chi connectivity index (χ4n) is 3.00. The molecule has 6 heteroatoms. The van der Waals surface area contributed by atoms with Crippen LogP contribution >= 0.6 is 11.3 Å². The van der Waals surface area contributed by atoms with Gasteiger partial charge >= 0.3 is 0 Å². The first-order chi connectivity index (χ1) is 10.9. The number of nitrogens with zero attached hydrogens (tertiary/aromatic N) is 4. The van der Waals surface area contributed by atoms with Gasteiger partial charge in [-0.1, -0.05) is 0 Å². The Balaban J connectivity index is 1.88.